The summed E-state index contributed by atoms with van der Waals surface area (Å²) >= 11 is 0. The highest BCUT2D eigenvalue weighted by molar-refractivity contribution is 5.61. The van der Waals surface area contributed by atoms with Gasteiger partial charge in [0.15, 0.2) is 5.82 Å². The maximum atomic E-state index is 4.69. The Balaban J connectivity index is 2.36. The molecule has 1 N–H and O–H groups in total. The van der Waals surface area contributed by atoms with Gasteiger partial charge in [0, 0.05) is 43.7 Å². The predicted molar refractivity (Wildman–Crippen MR) is 90.0 cm³/mol. The Labute approximate surface area is 127 Å². The van der Waals surface area contributed by atoms with Gasteiger partial charge >= 0.3 is 0 Å². The molecule has 0 spiro atoms. The van der Waals surface area contributed by atoms with E-state index in [0.29, 0.717) is 0 Å². The molecule has 21 heavy (non-hydrogen) atoms. The zero-order chi connectivity index (χ0) is 15.2. The van der Waals surface area contributed by atoms with Gasteiger partial charge in [-0.15, -0.1) is 0 Å². The van der Waals surface area contributed by atoms with Crippen molar-refractivity contribution in [2.24, 2.45) is 0 Å². The number of hydrogen-bond acceptors (Lipinski definition) is 4. The summed E-state index contributed by atoms with van der Waals surface area (Å²) in [5, 5.41) is 3.29. The van der Waals surface area contributed by atoms with E-state index >= 15 is 0 Å². The van der Waals surface area contributed by atoms with E-state index in [9.17, 15) is 0 Å². The second-order valence-electron chi connectivity index (χ2n) is 5.29. The largest absolute Gasteiger partial charge is 0.378 e. The number of aromatic nitrogens is 2. The first-order valence-electron chi connectivity index (χ1n) is 7.53. The second-order valence-corrected chi connectivity index (χ2v) is 5.29. The molecule has 1 aromatic carbocycles. The van der Waals surface area contributed by atoms with Gasteiger partial charge in [0.1, 0.15) is 5.82 Å². The highest BCUT2D eigenvalue weighted by Gasteiger charge is 2.07. The van der Waals surface area contributed by atoms with Gasteiger partial charge in [-0.25, -0.2) is 9.97 Å². The molecule has 2 aromatic rings. The fraction of sp³-hybridized carbons (Fsp3) is 0.412. The van der Waals surface area contributed by atoms with Crippen LogP contribution in [-0.2, 0) is 6.42 Å². The minimum absolute atomic E-state index is 0.794. The molecule has 0 amide bonds. The van der Waals surface area contributed by atoms with Gasteiger partial charge in [0.05, 0.1) is 0 Å². The van der Waals surface area contributed by atoms with Crippen LogP contribution in [0.2, 0.25) is 0 Å². The summed E-state index contributed by atoms with van der Waals surface area (Å²) in [4.78, 5) is 11.4. The first-order valence-corrected chi connectivity index (χ1v) is 7.53. The van der Waals surface area contributed by atoms with Crippen molar-refractivity contribution in [1.29, 1.82) is 0 Å². The summed E-state index contributed by atoms with van der Waals surface area (Å²) in [6, 6.07) is 10.4. The Bertz CT molecular complexity index is 552. The predicted octanol–water partition coefficient (Wildman–Crippen LogP) is 3.59. The monoisotopic (exact) mass is 284 g/mol. The molecule has 0 saturated carbocycles. The number of hydrogen-bond donors (Lipinski definition) is 1. The summed E-state index contributed by atoms with van der Waals surface area (Å²) in [7, 11) is 4.08. The van der Waals surface area contributed by atoms with Crippen molar-refractivity contribution in [3.63, 3.8) is 0 Å². The number of nitrogens with zero attached hydrogens (tertiary/aromatic N) is 3. The summed E-state index contributed by atoms with van der Waals surface area (Å²) < 4.78 is 0. The van der Waals surface area contributed by atoms with Crippen molar-refractivity contribution < 1.29 is 0 Å². The maximum absolute atomic E-state index is 4.69. The van der Waals surface area contributed by atoms with Crippen LogP contribution in [0.25, 0.3) is 11.4 Å². The Kier molecular flexibility index (Phi) is 5.14. The van der Waals surface area contributed by atoms with Crippen LogP contribution < -0.4 is 10.2 Å². The summed E-state index contributed by atoms with van der Waals surface area (Å²) in [5.74, 6) is 1.70. The molecule has 0 aliphatic heterocycles. The Morgan fingerprint density at radius 1 is 1.05 bits per heavy atom. The third-order valence-corrected chi connectivity index (χ3v) is 3.29. The molecule has 1 aromatic heterocycles. The Hall–Kier alpha value is -2.10. The first-order chi connectivity index (χ1) is 10.1. The van der Waals surface area contributed by atoms with Crippen LogP contribution in [0.1, 0.15) is 26.0 Å². The van der Waals surface area contributed by atoms with Crippen molar-refractivity contribution in [3.05, 3.63) is 36.0 Å². The summed E-state index contributed by atoms with van der Waals surface area (Å²) in [5.41, 5.74) is 3.32. The Morgan fingerprint density at radius 3 is 2.33 bits per heavy atom. The van der Waals surface area contributed by atoms with Crippen LogP contribution in [0.4, 0.5) is 11.5 Å². The van der Waals surface area contributed by atoms with Crippen molar-refractivity contribution in [1.82, 2.24) is 9.97 Å². The van der Waals surface area contributed by atoms with Gasteiger partial charge in [-0.05, 0) is 37.6 Å². The van der Waals surface area contributed by atoms with E-state index in [-0.39, 0.29) is 0 Å². The number of anilines is 2. The van der Waals surface area contributed by atoms with E-state index in [4.69, 9.17) is 0 Å². The Morgan fingerprint density at radius 2 is 1.76 bits per heavy atom. The minimum atomic E-state index is 0.794. The number of nitrogens with one attached hydrogen (secondary N) is 1. The topological polar surface area (TPSA) is 41.1 Å². The van der Waals surface area contributed by atoms with E-state index in [1.54, 1.807) is 0 Å². The molecule has 0 saturated heterocycles. The van der Waals surface area contributed by atoms with Crippen LogP contribution in [0.15, 0.2) is 30.3 Å². The van der Waals surface area contributed by atoms with Crippen molar-refractivity contribution >= 4 is 11.5 Å². The van der Waals surface area contributed by atoms with E-state index in [1.807, 2.05) is 20.2 Å². The van der Waals surface area contributed by atoms with Gasteiger partial charge in [0.25, 0.3) is 0 Å². The van der Waals surface area contributed by atoms with Gasteiger partial charge in [-0.1, -0.05) is 13.3 Å². The lowest BCUT2D eigenvalue weighted by Gasteiger charge is -2.13. The van der Waals surface area contributed by atoms with Crippen molar-refractivity contribution in [3.8, 4) is 11.4 Å². The molecule has 0 fully saturated rings. The standard InChI is InChI=1S/C17H24N4/c1-5-7-14-12-16(18-6-2)20-17(19-14)13-8-10-15(11-9-13)21(3)4/h8-12H,5-7H2,1-4H3,(H,18,19,20). The normalized spacial score (nSPS) is 10.5. The van der Waals surface area contributed by atoms with Gasteiger partial charge < -0.3 is 10.2 Å². The van der Waals surface area contributed by atoms with Crippen LogP contribution >= 0.6 is 0 Å². The lowest BCUT2D eigenvalue weighted by molar-refractivity contribution is 0.875. The molecular formula is C17H24N4. The fourth-order valence-corrected chi connectivity index (χ4v) is 2.19. The maximum Gasteiger partial charge on any atom is 0.161 e. The van der Waals surface area contributed by atoms with Crippen LogP contribution in [0.3, 0.4) is 0 Å². The highest BCUT2D eigenvalue weighted by atomic mass is 15.1. The van der Waals surface area contributed by atoms with Crippen molar-refractivity contribution in [2.45, 2.75) is 26.7 Å². The molecule has 4 nitrogen and oxygen atoms in total. The molecule has 0 unspecified atom stereocenters. The zero-order valence-electron chi connectivity index (χ0n) is 13.3. The molecule has 0 aliphatic carbocycles. The third-order valence-electron chi connectivity index (χ3n) is 3.29. The molecule has 0 aliphatic rings. The molecule has 1 heterocycles. The van der Waals surface area contributed by atoms with Crippen LogP contribution in [-0.4, -0.2) is 30.6 Å². The van der Waals surface area contributed by atoms with E-state index < -0.39 is 0 Å². The molecular weight excluding hydrogens is 260 g/mol. The smallest absolute Gasteiger partial charge is 0.161 e. The summed E-state index contributed by atoms with van der Waals surface area (Å²) in [6.07, 6.45) is 2.06. The van der Waals surface area contributed by atoms with Gasteiger partial charge in [-0.2, -0.15) is 0 Å². The molecule has 0 bridgehead atoms. The minimum Gasteiger partial charge on any atom is -0.378 e. The SMILES string of the molecule is CCCc1cc(NCC)nc(-c2ccc(N(C)C)cc2)n1. The number of rotatable bonds is 6. The van der Waals surface area contributed by atoms with E-state index in [1.165, 1.54) is 5.69 Å². The van der Waals surface area contributed by atoms with Crippen LogP contribution in [0.5, 0.6) is 0 Å². The van der Waals surface area contributed by atoms with E-state index in [2.05, 4.69) is 58.3 Å². The quantitative estimate of drug-likeness (QED) is 0.880. The molecule has 112 valence electrons. The fourth-order valence-electron chi connectivity index (χ4n) is 2.19. The first kappa shape index (κ1) is 15.3. The van der Waals surface area contributed by atoms with Gasteiger partial charge in [-0.3, -0.25) is 0 Å². The molecule has 2 rings (SSSR count). The lowest BCUT2D eigenvalue weighted by atomic mass is 10.1. The molecule has 0 radical (unpaired) electrons. The zero-order valence-corrected chi connectivity index (χ0v) is 13.3. The molecule has 4 heteroatoms. The average Bonchev–Trinajstić information content (AvgIpc) is 2.48. The summed E-state index contributed by atoms with van der Waals surface area (Å²) in [6.45, 7) is 5.11. The van der Waals surface area contributed by atoms with Gasteiger partial charge in [0.2, 0.25) is 0 Å². The second kappa shape index (κ2) is 7.07. The van der Waals surface area contributed by atoms with Crippen LogP contribution in [0, 0.1) is 0 Å². The lowest BCUT2D eigenvalue weighted by Crippen LogP contribution is -2.08. The highest BCUT2D eigenvalue weighted by Crippen LogP contribution is 2.21. The molecule has 0 atom stereocenters. The van der Waals surface area contributed by atoms with Crippen molar-refractivity contribution in [2.75, 3.05) is 30.9 Å². The number of benzene rings is 1. The van der Waals surface area contributed by atoms with E-state index in [0.717, 1.165) is 42.3 Å². The average molecular weight is 284 g/mol. The number of aryl methyl sites for hydroxylation is 1. The third kappa shape index (κ3) is 3.94.